The van der Waals surface area contributed by atoms with E-state index in [-0.39, 0.29) is 23.7 Å². The van der Waals surface area contributed by atoms with Crippen LogP contribution < -0.4 is 10.5 Å². The zero-order valence-corrected chi connectivity index (χ0v) is 10.8. The van der Waals surface area contributed by atoms with Crippen molar-refractivity contribution in [2.75, 3.05) is 0 Å². The van der Waals surface area contributed by atoms with Crippen LogP contribution in [0, 0.1) is 22.9 Å². The number of nitrogens with zero attached hydrogens (tertiary/aromatic N) is 1. The van der Waals surface area contributed by atoms with Crippen molar-refractivity contribution in [2.24, 2.45) is 5.73 Å². The first-order valence-corrected chi connectivity index (χ1v) is 5.92. The van der Waals surface area contributed by atoms with Crippen LogP contribution in [0.1, 0.15) is 11.1 Å². The van der Waals surface area contributed by atoms with Crippen molar-refractivity contribution in [3.05, 3.63) is 63.5 Å². The lowest BCUT2D eigenvalue weighted by atomic mass is 10.2. The first kappa shape index (κ1) is 14.0. The second-order valence-electron chi connectivity index (χ2n) is 4.28. The Morgan fingerprint density at radius 1 is 1.35 bits per heavy atom. The predicted octanol–water partition coefficient (Wildman–Crippen LogP) is 3.29. The van der Waals surface area contributed by atoms with Crippen molar-refractivity contribution in [3.63, 3.8) is 0 Å². The van der Waals surface area contributed by atoms with Gasteiger partial charge in [-0.25, -0.2) is 4.39 Å². The van der Waals surface area contributed by atoms with Crippen molar-refractivity contribution >= 4 is 5.69 Å². The van der Waals surface area contributed by atoms with E-state index in [1.54, 1.807) is 25.1 Å². The Labute approximate surface area is 114 Å². The maximum absolute atomic E-state index is 13.4. The number of benzene rings is 2. The number of para-hydroxylation sites is 1. The zero-order valence-electron chi connectivity index (χ0n) is 10.8. The van der Waals surface area contributed by atoms with Crippen molar-refractivity contribution in [1.82, 2.24) is 0 Å². The summed E-state index contributed by atoms with van der Waals surface area (Å²) < 4.78 is 18.8. The molecule has 0 saturated heterocycles. The minimum absolute atomic E-state index is 0.0728. The van der Waals surface area contributed by atoms with Gasteiger partial charge in [0.05, 0.1) is 4.92 Å². The van der Waals surface area contributed by atoms with Crippen LogP contribution in [-0.4, -0.2) is 4.92 Å². The molecule has 2 aromatic carbocycles. The standard InChI is InChI=1S/C14H13FN2O3/c1-9-3-2-4-13(14(9)17(18)19)20-12-6-10(8-16)5-11(15)7-12/h2-7H,8,16H2,1H3. The monoisotopic (exact) mass is 276 g/mol. The van der Waals surface area contributed by atoms with Crippen molar-refractivity contribution in [1.29, 1.82) is 0 Å². The number of halogens is 1. The highest BCUT2D eigenvalue weighted by Crippen LogP contribution is 2.34. The molecule has 2 rings (SSSR count). The van der Waals surface area contributed by atoms with Gasteiger partial charge in [-0.2, -0.15) is 0 Å². The number of nitro groups is 1. The molecule has 0 heterocycles. The lowest BCUT2D eigenvalue weighted by Gasteiger charge is -2.09. The van der Waals surface area contributed by atoms with Crippen LogP contribution in [-0.2, 0) is 6.54 Å². The number of hydrogen-bond acceptors (Lipinski definition) is 4. The van der Waals surface area contributed by atoms with Crippen LogP contribution in [0.15, 0.2) is 36.4 Å². The zero-order chi connectivity index (χ0) is 14.7. The third kappa shape index (κ3) is 2.92. The molecule has 0 spiro atoms. The molecule has 104 valence electrons. The van der Waals surface area contributed by atoms with Gasteiger partial charge >= 0.3 is 5.69 Å². The molecular weight excluding hydrogens is 263 g/mol. The summed E-state index contributed by atoms with van der Waals surface area (Å²) >= 11 is 0. The normalized spacial score (nSPS) is 10.3. The quantitative estimate of drug-likeness (QED) is 0.686. The SMILES string of the molecule is Cc1cccc(Oc2cc(F)cc(CN)c2)c1[N+](=O)[O-]. The summed E-state index contributed by atoms with van der Waals surface area (Å²) in [5, 5.41) is 11.1. The maximum Gasteiger partial charge on any atom is 0.314 e. The fraction of sp³-hybridized carbons (Fsp3) is 0.143. The molecule has 0 unspecified atom stereocenters. The fourth-order valence-corrected chi connectivity index (χ4v) is 1.87. The Kier molecular flexibility index (Phi) is 3.95. The molecule has 0 aromatic heterocycles. The van der Waals surface area contributed by atoms with Gasteiger partial charge in [-0.15, -0.1) is 0 Å². The van der Waals surface area contributed by atoms with Gasteiger partial charge in [0.25, 0.3) is 0 Å². The average Bonchev–Trinajstić information content (AvgIpc) is 2.37. The second kappa shape index (κ2) is 5.66. The Hall–Kier alpha value is -2.47. The molecule has 0 amide bonds. The molecule has 2 aromatic rings. The van der Waals surface area contributed by atoms with Gasteiger partial charge in [0.2, 0.25) is 5.75 Å². The Morgan fingerprint density at radius 2 is 2.10 bits per heavy atom. The lowest BCUT2D eigenvalue weighted by Crippen LogP contribution is -1.99. The molecule has 0 saturated carbocycles. The summed E-state index contributed by atoms with van der Waals surface area (Å²) in [6, 6.07) is 8.72. The first-order chi connectivity index (χ1) is 9.51. The predicted molar refractivity (Wildman–Crippen MR) is 72.2 cm³/mol. The van der Waals surface area contributed by atoms with Crippen LogP contribution in [0.2, 0.25) is 0 Å². The highest BCUT2D eigenvalue weighted by molar-refractivity contribution is 5.53. The highest BCUT2D eigenvalue weighted by atomic mass is 19.1. The summed E-state index contributed by atoms with van der Waals surface area (Å²) in [6.45, 7) is 1.77. The molecule has 0 aliphatic rings. The Bertz CT molecular complexity index is 659. The van der Waals surface area contributed by atoms with Gasteiger partial charge in [0.15, 0.2) is 0 Å². The molecular formula is C14H13FN2O3. The minimum Gasteiger partial charge on any atom is -0.450 e. The summed E-state index contributed by atoms with van der Waals surface area (Å²) in [5.74, 6) is -0.249. The van der Waals surface area contributed by atoms with E-state index < -0.39 is 10.7 Å². The van der Waals surface area contributed by atoms with E-state index in [0.717, 1.165) is 6.07 Å². The maximum atomic E-state index is 13.4. The van der Waals surface area contributed by atoms with E-state index in [4.69, 9.17) is 10.5 Å². The van der Waals surface area contributed by atoms with Gasteiger partial charge in [0, 0.05) is 18.2 Å². The van der Waals surface area contributed by atoms with E-state index in [9.17, 15) is 14.5 Å². The van der Waals surface area contributed by atoms with Gasteiger partial charge < -0.3 is 10.5 Å². The summed E-state index contributed by atoms with van der Waals surface area (Å²) in [6.07, 6.45) is 0. The van der Waals surface area contributed by atoms with Crippen molar-refractivity contribution < 1.29 is 14.1 Å². The number of nitrogens with two attached hydrogens (primary N) is 1. The molecule has 0 bridgehead atoms. The summed E-state index contributed by atoms with van der Waals surface area (Å²) in [7, 11) is 0. The smallest absolute Gasteiger partial charge is 0.314 e. The van der Waals surface area contributed by atoms with E-state index in [1.807, 2.05) is 0 Å². The topological polar surface area (TPSA) is 78.4 Å². The van der Waals surface area contributed by atoms with Crippen LogP contribution in [0.3, 0.4) is 0 Å². The van der Waals surface area contributed by atoms with E-state index >= 15 is 0 Å². The van der Waals surface area contributed by atoms with Crippen molar-refractivity contribution in [3.8, 4) is 11.5 Å². The molecule has 0 atom stereocenters. The van der Waals surface area contributed by atoms with Crippen LogP contribution in [0.4, 0.5) is 10.1 Å². The minimum atomic E-state index is -0.520. The van der Waals surface area contributed by atoms with Crippen molar-refractivity contribution in [2.45, 2.75) is 13.5 Å². The highest BCUT2D eigenvalue weighted by Gasteiger charge is 2.19. The fourth-order valence-electron chi connectivity index (χ4n) is 1.87. The summed E-state index contributed by atoms with van der Waals surface area (Å²) in [5.41, 5.74) is 6.35. The molecule has 2 N–H and O–H groups in total. The number of rotatable bonds is 4. The summed E-state index contributed by atoms with van der Waals surface area (Å²) in [4.78, 5) is 10.5. The van der Waals surface area contributed by atoms with Crippen LogP contribution in [0.25, 0.3) is 0 Å². The van der Waals surface area contributed by atoms with Crippen LogP contribution >= 0.6 is 0 Å². The molecule has 20 heavy (non-hydrogen) atoms. The van der Waals surface area contributed by atoms with Gasteiger partial charge in [-0.05, 0) is 30.7 Å². The molecule has 6 heteroatoms. The number of hydrogen-bond donors (Lipinski definition) is 1. The Balaban J connectivity index is 2.42. The third-order valence-electron chi connectivity index (χ3n) is 2.78. The molecule has 0 radical (unpaired) electrons. The second-order valence-corrected chi connectivity index (χ2v) is 4.28. The largest absolute Gasteiger partial charge is 0.450 e. The number of ether oxygens (including phenoxy) is 1. The van der Waals surface area contributed by atoms with Crippen LogP contribution in [0.5, 0.6) is 11.5 Å². The average molecular weight is 276 g/mol. The van der Waals surface area contributed by atoms with Gasteiger partial charge in [0.1, 0.15) is 11.6 Å². The van der Waals surface area contributed by atoms with E-state index in [0.29, 0.717) is 11.1 Å². The molecule has 0 aliphatic heterocycles. The van der Waals surface area contributed by atoms with Gasteiger partial charge in [-0.3, -0.25) is 10.1 Å². The molecule has 0 fully saturated rings. The molecule has 5 nitrogen and oxygen atoms in total. The lowest BCUT2D eigenvalue weighted by molar-refractivity contribution is -0.386. The van der Waals surface area contributed by atoms with E-state index in [2.05, 4.69) is 0 Å². The van der Waals surface area contributed by atoms with E-state index in [1.165, 1.54) is 12.1 Å². The number of nitro benzene ring substituents is 1. The third-order valence-corrected chi connectivity index (χ3v) is 2.78. The van der Waals surface area contributed by atoms with Gasteiger partial charge in [-0.1, -0.05) is 12.1 Å². The molecule has 0 aliphatic carbocycles. The number of aryl methyl sites for hydroxylation is 1. The first-order valence-electron chi connectivity index (χ1n) is 5.92. The Morgan fingerprint density at radius 3 is 2.75 bits per heavy atom.